The molecule has 1 saturated heterocycles. The standard InChI is InChI=1S/C10H21N3O/c1-7-3-4-13(9(5-7)6-11)10(14)8(2)12/h7-9H,3-6,11-12H2,1-2H3. The van der Waals surface area contributed by atoms with E-state index < -0.39 is 6.04 Å². The van der Waals surface area contributed by atoms with Gasteiger partial charge in [-0.05, 0) is 25.7 Å². The SMILES string of the molecule is CC1CCN(C(=O)C(C)N)C(CN)C1. The summed E-state index contributed by atoms with van der Waals surface area (Å²) in [7, 11) is 0. The molecule has 0 aliphatic carbocycles. The van der Waals surface area contributed by atoms with Crippen LogP contribution >= 0.6 is 0 Å². The van der Waals surface area contributed by atoms with Crippen molar-refractivity contribution in [1.29, 1.82) is 0 Å². The Kier molecular flexibility index (Phi) is 3.89. The molecule has 1 fully saturated rings. The predicted molar refractivity (Wildman–Crippen MR) is 56.6 cm³/mol. The topological polar surface area (TPSA) is 72.3 Å². The summed E-state index contributed by atoms with van der Waals surface area (Å²) in [5.41, 5.74) is 11.2. The highest BCUT2D eigenvalue weighted by Crippen LogP contribution is 2.22. The van der Waals surface area contributed by atoms with Crippen LogP contribution in [0, 0.1) is 5.92 Å². The average molecular weight is 199 g/mol. The number of carbonyl (C=O) groups is 1. The van der Waals surface area contributed by atoms with Gasteiger partial charge in [0, 0.05) is 19.1 Å². The van der Waals surface area contributed by atoms with Gasteiger partial charge < -0.3 is 16.4 Å². The first kappa shape index (κ1) is 11.5. The maximum atomic E-state index is 11.7. The van der Waals surface area contributed by atoms with Gasteiger partial charge in [-0.15, -0.1) is 0 Å². The van der Waals surface area contributed by atoms with Gasteiger partial charge in [-0.2, -0.15) is 0 Å². The Hall–Kier alpha value is -0.610. The molecule has 1 rings (SSSR count). The zero-order chi connectivity index (χ0) is 10.7. The molecule has 4 N–H and O–H groups in total. The molecule has 3 atom stereocenters. The minimum atomic E-state index is -0.405. The molecule has 4 nitrogen and oxygen atoms in total. The number of nitrogens with two attached hydrogens (primary N) is 2. The van der Waals surface area contributed by atoms with Crippen LogP contribution < -0.4 is 11.5 Å². The van der Waals surface area contributed by atoms with Gasteiger partial charge in [0.2, 0.25) is 5.91 Å². The van der Waals surface area contributed by atoms with E-state index in [2.05, 4.69) is 6.92 Å². The summed E-state index contributed by atoms with van der Waals surface area (Å²) >= 11 is 0. The van der Waals surface area contributed by atoms with E-state index in [9.17, 15) is 4.79 Å². The number of carbonyl (C=O) groups excluding carboxylic acids is 1. The molecule has 0 aromatic rings. The molecule has 14 heavy (non-hydrogen) atoms. The van der Waals surface area contributed by atoms with Gasteiger partial charge in [-0.3, -0.25) is 4.79 Å². The lowest BCUT2D eigenvalue weighted by Crippen LogP contribution is -2.53. The minimum Gasteiger partial charge on any atom is -0.337 e. The first-order chi connectivity index (χ1) is 6.56. The second-order valence-electron chi connectivity index (χ2n) is 4.34. The van der Waals surface area contributed by atoms with E-state index in [-0.39, 0.29) is 11.9 Å². The first-order valence-corrected chi connectivity index (χ1v) is 5.32. The van der Waals surface area contributed by atoms with Crippen LogP contribution in [0.15, 0.2) is 0 Å². The number of hydrogen-bond acceptors (Lipinski definition) is 3. The third-order valence-electron chi connectivity index (χ3n) is 2.92. The Balaban J connectivity index is 2.63. The van der Waals surface area contributed by atoms with Gasteiger partial charge in [0.05, 0.1) is 6.04 Å². The van der Waals surface area contributed by atoms with E-state index in [1.54, 1.807) is 6.92 Å². The van der Waals surface area contributed by atoms with Crippen molar-refractivity contribution in [1.82, 2.24) is 4.90 Å². The molecule has 0 radical (unpaired) electrons. The summed E-state index contributed by atoms with van der Waals surface area (Å²) in [5, 5.41) is 0. The third kappa shape index (κ3) is 2.45. The number of likely N-dealkylation sites (tertiary alicyclic amines) is 1. The van der Waals surface area contributed by atoms with Crippen LogP contribution in [0.3, 0.4) is 0 Å². The molecule has 1 heterocycles. The highest BCUT2D eigenvalue weighted by Gasteiger charge is 2.29. The van der Waals surface area contributed by atoms with Gasteiger partial charge in [0.25, 0.3) is 0 Å². The Bertz CT molecular complexity index is 206. The number of nitrogens with zero attached hydrogens (tertiary/aromatic N) is 1. The van der Waals surface area contributed by atoms with Crippen molar-refractivity contribution in [2.45, 2.75) is 38.8 Å². The summed E-state index contributed by atoms with van der Waals surface area (Å²) in [6.07, 6.45) is 2.07. The molecule has 0 saturated carbocycles. The summed E-state index contributed by atoms with van der Waals surface area (Å²) in [4.78, 5) is 13.6. The van der Waals surface area contributed by atoms with Gasteiger partial charge in [-0.25, -0.2) is 0 Å². The monoisotopic (exact) mass is 199 g/mol. The lowest BCUT2D eigenvalue weighted by molar-refractivity contribution is -0.136. The van der Waals surface area contributed by atoms with Crippen LogP contribution in [0.4, 0.5) is 0 Å². The lowest BCUT2D eigenvalue weighted by atomic mass is 9.92. The lowest BCUT2D eigenvalue weighted by Gasteiger charge is -2.38. The van der Waals surface area contributed by atoms with Crippen LogP contribution in [0.2, 0.25) is 0 Å². The molecule has 82 valence electrons. The number of piperidine rings is 1. The molecule has 0 aromatic carbocycles. The average Bonchev–Trinajstić information content (AvgIpc) is 2.16. The molecule has 0 bridgehead atoms. The van der Waals surface area contributed by atoms with Crippen molar-refractivity contribution in [2.75, 3.05) is 13.1 Å². The molecular formula is C10H21N3O. The number of amides is 1. The van der Waals surface area contributed by atoms with E-state index in [0.29, 0.717) is 12.5 Å². The molecule has 1 amide bonds. The quantitative estimate of drug-likeness (QED) is 0.653. The molecule has 0 aromatic heterocycles. The normalized spacial score (nSPS) is 30.1. The Morgan fingerprint density at radius 1 is 1.64 bits per heavy atom. The van der Waals surface area contributed by atoms with Crippen molar-refractivity contribution in [3.8, 4) is 0 Å². The summed E-state index contributed by atoms with van der Waals surface area (Å²) in [5.74, 6) is 0.702. The zero-order valence-electron chi connectivity index (χ0n) is 9.07. The largest absolute Gasteiger partial charge is 0.337 e. The Morgan fingerprint density at radius 2 is 2.29 bits per heavy atom. The van der Waals surface area contributed by atoms with Gasteiger partial charge >= 0.3 is 0 Å². The van der Waals surface area contributed by atoms with Crippen LogP contribution in [0.25, 0.3) is 0 Å². The maximum absolute atomic E-state index is 11.7. The molecular weight excluding hydrogens is 178 g/mol. The van der Waals surface area contributed by atoms with Crippen LogP contribution in [0.1, 0.15) is 26.7 Å². The van der Waals surface area contributed by atoms with Gasteiger partial charge in [-0.1, -0.05) is 6.92 Å². The van der Waals surface area contributed by atoms with Gasteiger partial charge in [0.1, 0.15) is 0 Å². The fourth-order valence-corrected chi connectivity index (χ4v) is 2.03. The molecule has 1 aliphatic heterocycles. The highest BCUT2D eigenvalue weighted by molar-refractivity contribution is 5.81. The van der Waals surface area contributed by atoms with Crippen LogP contribution in [0.5, 0.6) is 0 Å². The van der Waals surface area contributed by atoms with E-state index in [0.717, 1.165) is 19.4 Å². The van der Waals surface area contributed by atoms with E-state index in [1.165, 1.54) is 0 Å². The second-order valence-corrected chi connectivity index (χ2v) is 4.34. The predicted octanol–water partition coefficient (Wildman–Crippen LogP) is -0.0806. The smallest absolute Gasteiger partial charge is 0.239 e. The molecule has 4 heteroatoms. The zero-order valence-corrected chi connectivity index (χ0v) is 9.07. The fraction of sp³-hybridized carbons (Fsp3) is 0.900. The summed E-state index contributed by atoms with van der Waals surface area (Å²) < 4.78 is 0. The number of rotatable bonds is 2. The molecule has 0 spiro atoms. The van der Waals surface area contributed by atoms with Crippen LogP contribution in [-0.4, -0.2) is 36.0 Å². The summed E-state index contributed by atoms with van der Waals surface area (Å²) in [6.45, 7) is 5.29. The number of hydrogen-bond donors (Lipinski definition) is 2. The summed E-state index contributed by atoms with van der Waals surface area (Å²) in [6, 6.07) is -0.213. The minimum absolute atomic E-state index is 0.0346. The van der Waals surface area contributed by atoms with E-state index >= 15 is 0 Å². The molecule has 1 aliphatic rings. The Morgan fingerprint density at radius 3 is 2.79 bits per heavy atom. The maximum Gasteiger partial charge on any atom is 0.239 e. The van der Waals surface area contributed by atoms with Crippen molar-refractivity contribution >= 4 is 5.91 Å². The third-order valence-corrected chi connectivity index (χ3v) is 2.92. The van der Waals surface area contributed by atoms with Crippen LogP contribution in [-0.2, 0) is 4.79 Å². The first-order valence-electron chi connectivity index (χ1n) is 5.32. The Labute approximate surface area is 85.6 Å². The van der Waals surface area contributed by atoms with Crippen molar-refractivity contribution in [3.05, 3.63) is 0 Å². The van der Waals surface area contributed by atoms with Crippen molar-refractivity contribution in [3.63, 3.8) is 0 Å². The van der Waals surface area contributed by atoms with E-state index in [1.807, 2.05) is 4.90 Å². The van der Waals surface area contributed by atoms with Crippen molar-refractivity contribution < 1.29 is 4.79 Å². The highest BCUT2D eigenvalue weighted by atomic mass is 16.2. The fourth-order valence-electron chi connectivity index (χ4n) is 2.03. The van der Waals surface area contributed by atoms with E-state index in [4.69, 9.17) is 11.5 Å². The van der Waals surface area contributed by atoms with Gasteiger partial charge in [0.15, 0.2) is 0 Å². The molecule has 3 unspecified atom stereocenters. The second kappa shape index (κ2) is 4.75. The van der Waals surface area contributed by atoms with Crippen molar-refractivity contribution in [2.24, 2.45) is 17.4 Å².